The summed E-state index contributed by atoms with van der Waals surface area (Å²) in [6.45, 7) is 7.89. The van der Waals surface area contributed by atoms with Gasteiger partial charge in [0.15, 0.2) is 6.10 Å². The smallest absolute Gasteiger partial charge is 0.260 e. The van der Waals surface area contributed by atoms with Gasteiger partial charge in [0.2, 0.25) is 0 Å². The molecule has 1 rings (SSSR count). The van der Waals surface area contributed by atoms with Crippen LogP contribution in [0, 0.1) is 0 Å². The molecular weight excluding hydrogens is 226 g/mol. The van der Waals surface area contributed by atoms with Crippen molar-refractivity contribution in [3.8, 4) is 5.75 Å². The summed E-state index contributed by atoms with van der Waals surface area (Å²) in [5, 5.41) is 2.92. The summed E-state index contributed by atoms with van der Waals surface area (Å²) in [6.07, 6.45) is 1.35. The number of nitrogens with one attached hydrogen (secondary N) is 1. The number of hydrogen-bond donors (Lipinski definition) is 1. The van der Waals surface area contributed by atoms with Gasteiger partial charge in [0.1, 0.15) is 5.75 Å². The van der Waals surface area contributed by atoms with Crippen molar-refractivity contribution in [2.75, 3.05) is 0 Å². The van der Waals surface area contributed by atoms with Crippen LogP contribution in [-0.2, 0) is 11.2 Å². The first-order valence-electron chi connectivity index (χ1n) is 6.63. The lowest BCUT2D eigenvalue weighted by atomic mass is 10.1. The van der Waals surface area contributed by atoms with Crippen molar-refractivity contribution in [3.05, 3.63) is 29.8 Å². The van der Waals surface area contributed by atoms with Gasteiger partial charge in [0.25, 0.3) is 5.91 Å². The number of amides is 1. The van der Waals surface area contributed by atoms with E-state index in [0.717, 1.165) is 24.2 Å². The zero-order valence-electron chi connectivity index (χ0n) is 11.7. The number of aryl methyl sites for hydroxylation is 1. The molecule has 3 nitrogen and oxygen atoms in total. The molecule has 0 aliphatic carbocycles. The maximum atomic E-state index is 11.9. The first kappa shape index (κ1) is 14.6. The number of hydrogen-bond acceptors (Lipinski definition) is 2. The fourth-order valence-corrected chi connectivity index (χ4v) is 1.62. The summed E-state index contributed by atoms with van der Waals surface area (Å²) in [5.74, 6) is 0.738. The molecule has 0 heterocycles. The lowest BCUT2D eigenvalue weighted by Crippen LogP contribution is -2.41. The first-order chi connectivity index (χ1) is 8.58. The lowest BCUT2D eigenvalue weighted by molar-refractivity contribution is -0.127. The van der Waals surface area contributed by atoms with Crippen molar-refractivity contribution in [2.45, 2.75) is 52.7 Å². The number of ether oxygens (including phenoxy) is 1. The van der Waals surface area contributed by atoms with E-state index in [1.165, 1.54) is 0 Å². The van der Waals surface area contributed by atoms with Gasteiger partial charge in [-0.3, -0.25) is 4.79 Å². The Labute approximate surface area is 110 Å². The standard InChI is InChI=1S/C15H23NO2/c1-5-11(3)16-15(17)12(4)18-14-10-8-7-9-13(14)6-2/h7-12H,5-6H2,1-4H3,(H,16,17)/t11-,12+/m1/s1. The molecule has 1 aromatic rings. The minimum atomic E-state index is -0.466. The zero-order chi connectivity index (χ0) is 13.5. The van der Waals surface area contributed by atoms with E-state index in [1.807, 2.05) is 38.1 Å². The lowest BCUT2D eigenvalue weighted by Gasteiger charge is -2.19. The Morgan fingerprint density at radius 2 is 1.94 bits per heavy atom. The summed E-state index contributed by atoms with van der Waals surface area (Å²) in [7, 11) is 0. The predicted molar refractivity (Wildman–Crippen MR) is 73.8 cm³/mol. The monoisotopic (exact) mass is 249 g/mol. The quantitative estimate of drug-likeness (QED) is 0.841. The Bertz CT molecular complexity index is 390. The number of rotatable bonds is 6. The van der Waals surface area contributed by atoms with E-state index in [1.54, 1.807) is 6.92 Å². The molecule has 18 heavy (non-hydrogen) atoms. The van der Waals surface area contributed by atoms with Crippen LogP contribution in [0.5, 0.6) is 5.75 Å². The minimum Gasteiger partial charge on any atom is -0.481 e. The van der Waals surface area contributed by atoms with Gasteiger partial charge >= 0.3 is 0 Å². The van der Waals surface area contributed by atoms with Crippen LogP contribution in [0.15, 0.2) is 24.3 Å². The molecule has 0 aromatic heterocycles. The molecular formula is C15H23NO2. The van der Waals surface area contributed by atoms with E-state index in [9.17, 15) is 4.79 Å². The normalized spacial score (nSPS) is 13.8. The maximum Gasteiger partial charge on any atom is 0.260 e. The predicted octanol–water partition coefficient (Wildman–Crippen LogP) is 2.93. The van der Waals surface area contributed by atoms with Crippen LogP contribution in [0.3, 0.4) is 0 Å². The molecule has 2 atom stereocenters. The van der Waals surface area contributed by atoms with Crippen molar-refractivity contribution in [2.24, 2.45) is 0 Å². The minimum absolute atomic E-state index is 0.0599. The summed E-state index contributed by atoms with van der Waals surface area (Å²) in [6, 6.07) is 8.02. The van der Waals surface area contributed by atoms with Crippen molar-refractivity contribution >= 4 is 5.91 Å². The second-order valence-corrected chi connectivity index (χ2v) is 4.54. The van der Waals surface area contributed by atoms with Crippen LogP contribution >= 0.6 is 0 Å². The highest BCUT2D eigenvalue weighted by molar-refractivity contribution is 5.81. The summed E-state index contributed by atoms with van der Waals surface area (Å²) < 4.78 is 5.73. The average molecular weight is 249 g/mol. The molecule has 0 aliphatic heterocycles. The fourth-order valence-electron chi connectivity index (χ4n) is 1.62. The fraction of sp³-hybridized carbons (Fsp3) is 0.533. The summed E-state index contributed by atoms with van der Waals surface area (Å²) in [4.78, 5) is 11.9. The second kappa shape index (κ2) is 7.04. The Morgan fingerprint density at radius 3 is 2.56 bits per heavy atom. The van der Waals surface area contributed by atoms with Gasteiger partial charge in [-0.2, -0.15) is 0 Å². The largest absolute Gasteiger partial charge is 0.481 e. The maximum absolute atomic E-state index is 11.9. The molecule has 0 unspecified atom stereocenters. The molecule has 3 heteroatoms. The zero-order valence-corrected chi connectivity index (χ0v) is 11.7. The molecule has 100 valence electrons. The van der Waals surface area contributed by atoms with E-state index >= 15 is 0 Å². The van der Waals surface area contributed by atoms with E-state index in [4.69, 9.17) is 4.74 Å². The highest BCUT2D eigenvalue weighted by atomic mass is 16.5. The highest BCUT2D eigenvalue weighted by Gasteiger charge is 2.17. The third kappa shape index (κ3) is 4.06. The van der Waals surface area contributed by atoms with Gasteiger partial charge in [-0.1, -0.05) is 32.0 Å². The van der Waals surface area contributed by atoms with Crippen molar-refractivity contribution in [1.82, 2.24) is 5.32 Å². The number of carbonyl (C=O) groups excluding carboxylic acids is 1. The second-order valence-electron chi connectivity index (χ2n) is 4.54. The molecule has 1 amide bonds. The number of benzene rings is 1. The van der Waals surface area contributed by atoms with E-state index in [2.05, 4.69) is 12.2 Å². The molecule has 0 spiro atoms. The molecule has 0 saturated carbocycles. The highest BCUT2D eigenvalue weighted by Crippen LogP contribution is 2.19. The van der Waals surface area contributed by atoms with Gasteiger partial charge in [-0.05, 0) is 38.3 Å². The van der Waals surface area contributed by atoms with Crippen LogP contribution in [0.1, 0.15) is 39.7 Å². The summed E-state index contributed by atoms with van der Waals surface area (Å²) in [5.41, 5.74) is 1.13. The Balaban J connectivity index is 2.63. The van der Waals surface area contributed by atoms with E-state index in [-0.39, 0.29) is 11.9 Å². The third-order valence-electron chi connectivity index (χ3n) is 3.03. The van der Waals surface area contributed by atoms with Crippen LogP contribution in [-0.4, -0.2) is 18.1 Å². The van der Waals surface area contributed by atoms with Crippen molar-refractivity contribution in [1.29, 1.82) is 0 Å². The molecule has 1 N–H and O–H groups in total. The van der Waals surface area contributed by atoms with Gasteiger partial charge in [-0.25, -0.2) is 0 Å². The van der Waals surface area contributed by atoms with Gasteiger partial charge in [-0.15, -0.1) is 0 Å². The van der Waals surface area contributed by atoms with E-state index in [0.29, 0.717) is 0 Å². The Kier molecular flexibility index (Phi) is 5.69. The molecule has 1 aromatic carbocycles. The number of carbonyl (C=O) groups is 1. The first-order valence-corrected chi connectivity index (χ1v) is 6.63. The third-order valence-corrected chi connectivity index (χ3v) is 3.03. The van der Waals surface area contributed by atoms with Gasteiger partial charge < -0.3 is 10.1 Å². The Hall–Kier alpha value is -1.51. The molecule has 0 aliphatic rings. The molecule has 0 fully saturated rings. The van der Waals surface area contributed by atoms with Gasteiger partial charge in [0.05, 0.1) is 0 Å². The van der Waals surface area contributed by atoms with E-state index < -0.39 is 6.10 Å². The van der Waals surface area contributed by atoms with Crippen LogP contribution in [0.25, 0.3) is 0 Å². The molecule has 0 saturated heterocycles. The Morgan fingerprint density at radius 1 is 1.28 bits per heavy atom. The molecule has 0 bridgehead atoms. The van der Waals surface area contributed by atoms with Crippen LogP contribution in [0.4, 0.5) is 0 Å². The van der Waals surface area contributed by atoms with Crippen LogP contribution < -0.4 is 10.1 Å². The van der Waals surface area contributed by atoms with Crippen LogP contribution in [0.2, 0.25) is 0 Å². The average Bonchev–Trinajstić information content (AvgIpc) is 2.39. The topological polar surface area (TPSA) is 38.3 Å². The molecule has 0 radical (unpaired) electrons. The van der Waals surface area contributed by atoms with Gasteiger partial charge in [0, 0.05) is 6.04 Å². The van der Waals surface area contributed by atoms with Crippen molar-refractivity contribution in [3.63, 3.8) is 0 Å². The SMILES string of the molecule is CCc1ccccc1O[C@@H](C)C(=O)N[C@H](C)CC. The number of para-hydroxylation sites is 1. The summed E-state index contributed by atoms with van der Waals surface area (Å²) >= 11 is 0. The van der Waals surface area contributed by atoms with Crippen molar-refractivity contribution < 1.29 is 9.53 Å².